The van der Waals surface area contributed by atoms with Gasteiger partial charge in [0.1, 0.15) is 12.4 Å². The van der Waals surface area contributed by atoms with Gasteiger partial charge in [0.05, 0.1) is 11.3 Å². The highest BCUT2D eigenvalue weighted by Crippen LogP contribution is 2.23. The Balaban J connectivity index is 1.67. The van der Waals surface area contributed by atoms with Crippen molar-refractivity contribution >= 4 is 23.5 Å². The Hall–Kier alpha value is -3.02. The minimum absolute atomic E-state index is 0.170. The van der Waals surface area contributed by atoms with Crippen molar-refractivity contribution in [3.05, 3.63) is 65.5 Å². The number of rotatable bonds is 4. The molecule has 3 rings (SSSR count). The van der Waals surface area contributed by atoms with Crippen molar-refractivity contribution in [1.29, 1.82) is 0 Å². The molecule has 24 heavy (non-hydrogen) atoms. The predicted octanol–water partition coefficient (Wildman–Crippen LogP) is 2.84. The highest BCUT2D eigenvalue weighted by molar-refractivity contribution is 6.19. The first-order valence-corrected chi connectivity index (χ1v) is 7.42. The first kappa shape index (κ1) is 15.9. The van der Waals surface area contributed by atoms with Crippen molar-refractivity contribution in [1.82, 2.24) is 0 Å². The normalized spacial score (nSPS) is 14.1. The summed E-state index contributed by atoms with van der Waals surface area (Å²) in [6, 6.07) is 12.0. The maximum atomic E-state index is 13.5. The molecule has 0 saturated carbocycles. The van der Waals surface area contributed by atoms with Crippen LogP contribution in [0.15, 0.2) is 48.5 Å². The van der Waals surface area contributed by atoms with Crippen LogP contribution in [0.4, 0.5) is 10.1 Å². The second kappa shape index (κ2) is 6.62. The third-order valence-corrected chi connectivity index (χ3v) is 3.73. The molecular formula is C18H14FNO4. The number of hydrogen-bond acceptors (Lipinski definition) is 4. The zero-order chi connectivity index (χ0) is 17.1. The lowest BCUT2D eigenvalue weighted by molar-refractivity contribution is -0.121. The van der Waals surface area contributed by atoms with E-state index in [-0.39, 0.29) is 42.4 Å². The Morgan fingerprint density at radius 3 is 2.25 bits per heavy atom. The van der Waals surface area contributed by atoms with Crippen LogP contribution in [0.2, 0.25) is 0 Å². The second-order valence-corrected chi connectivity index (χ2v) is 5.34. The number of amides is 2. The zero-order valence-corrected chi connectivity index (χ0v) is 12.7. The summed E-state index contributed by atoms with van der Waals surface area (Å²) in [4.78, 5) is 36.5. The maximum absolute atomic E-state index is 13.5. The number of ether oxygens (including phenoxy) is 1. The van der Waals surface area contributed by atoms with Crippen LogP contribution >= 0.6 is 0 Å². The number of nitrogens with zero attached hydrogens (tertiary/aromatic N) is 1. The summed E-state index contributed by atoms with van der Waals surface area (Å²) < 4.78 is 18.6. The SMILES string of the molecule is O=C(OCc1ccccc1F)c1ccc(N2C(=O)CCC2=O)cc1. The lowest BCUT2D eigenvalue weighted by Crippen LogP contribution is -2.28. The topological polar surface area (TPSA) is 63.7 Å². The van der Waals surface area contributed by atoms with Gasteiger partial charge < -0.3 is 4.74 Å². The number of imide groups is 1. The molecule has 0 unspecified atom stereocenters. The molecule has 2 amide bonds. The number of hydrogen-bond donors (Lipinski definition) is 0. The summed E-state index contributed by atoms with van der Waals surface area (Å²) in [5.41, 5.74) is 0.970. The Kier molecular flexibility index (Phi) is 4.37. The van der Waals surface area contributed by atoms with Gasteiger partial charge >= 0.3 is 5.97 Å². The molecule has 6 heteroatoms. The fraction of sp³-hybridized carbons (Fsp3) is 0.167. The van der Waals surface area contributed by atoms with Crippen molar-refractivity contribution in [3.8, 4) is 0 Å². The minimum atomic E-state index is -0.608. The van der Waals surface area contributed by atoms with Gasteiger partial charge in [-0.1, -0.05) is 18.2 Å². The molecule has 5 nitrogen and oxygen atoms in total. The fourth-order valence-corrected chi connectivity index (χ4v) is 2.45. The quantitative estimate of drug-likeness (QED) is 0.640. The zero-order valence-electron chi connectivity index (χ0n) is 12.7. The molecule has 0 atom stereocenters. The van der Waals surface area contributed by atoms with Crippen LogP contribution in [0.1, 0.15) is 28.8 Å². The summed E-state index contributed by atoms with van der Waals surface area (Å²) >= 11 is 0. The van der Waals surface area contributed by atoms with Crippen LogP contribution in [0, 0.1) is 5.82 Å². The van der Waals surface area contributed by atoms with E-state index in [0.717, 1.165) is 4.90 Å². The molecule has 2 aromatic carbocycles. The minimum Gasteiger partial charge on any atom is -0.457 e. The number of carbonyl (C=O) groups is 3. The molecule has 0 spiro atoms. The molecule has 1 fully saturated rings. The lowest BCUT2D eigenvalue weighted by Gasteiger charge is -2.14. The van der Waals surface area contributed by atoms with Gasteiger partial charge in [0, 0.05) is 18.4 Å². The number of anilines is 1. The van der Waals surface area contributed by atoms with Gasteiger partial charge in [0.2, 0.25) is 11.8 Å². The number of carbonyl (C=O) groups excluding carboxylic acids is 3. The molecule has 1 aliphatic heterocycles. The van der Waals surface area contributed by atoms with Crippen LogP contribution in [0.25, 0.3) is 0 Å². The van der Waals surface area contributed by atoms with E-state index >= 15 is 0 Å². The summed E-state index contributed by atoms with van der Waals surface area (Å²) in [5.74, 6) is -1.56. The van der Waals surface area contributed by atoms with Crippen molar-refractivity contribution < 1.29 is 23.5 Å². The van der Waals surface area contributed by atoms with Gasteiger partial charge in [-0.15, -0.1) is 0 Å². The van der Waals surface area contributed by atoms with Gasteiger partial charge in [-0.3, -0.25) is 14.5 Å². The highest BCUT2D eigenvalue weighted by Gasteiger charge is 2.30. The molecule has 1 saturated heterocycles. The van der Waals surface area contributed by atoms with Gasteiger partial charge in [-0.05, 0) is 30.3 Å². The molecule has 2 aromatic rings. The summed E-state index contributed by atoms with van der Waals surface area (Å²) in [5, 5.41) is 0. The Morgan fingerprint density at radius 1 is 1.00 bits per heavy atom. The van der Waals surface area contributed by atoms with Crippen molar-refractivity contribution in [2.75, 3.05) is 4.90 Å². The van der Waals surface area contributed by atoms with E-state index in [1.807, 2.05) is 0 Å². The van der Waals surface area contributed by atoms with E-state index in [1.165, 1.54) is 36.4 Å². The average molecular weight is 327 g/mol. The first-order chi connectivity index (χ1) is 11.6. The van der Waals surface area contributed by atoms with E-state index in [4.69, 9.17) is 4.74 Å². The van der Waals surface area contributed by atoms with E-state index in [2.05, 4.69) is 0 Å². The van der Waals surface area contributed by atoms with E-state index in [0.29, 0.717) is 5.69 Å². The van der Waals surface area contributed by atoms with Crippen molar-refractivity contribution in [2.24, 2.45) is 0 Å². The number of halogens is 1. The van der Waals surface area contributed by atoms with Crippen LogP contribution < -0.4 is 4.90 Å². The molecule has 1 heterocycles. The van der Waals surface area contributed by atoms with Crippen LogP contribution in [-0.4, -0.2) is 17.8 Å². The van der Waals surface area contributed by atoms with Crippen molar-refractivity contribution in [2.45, 2.75) is 19.4 Å². The average Bonchev–Trinajstić information content (AvgIpc) is 2.93. The van der Waals surface area contributed by atoms with Gasteiger partial charge in [-0.25, -0.2) is 9.18 Å². The first-order valence-electron chi connectivity index (χ1n) is 7.42. The second-order valence-electron chi connectivity index (χ2n) is 5.34. The summed E-state index contributed by atoms with van der Waals surface area (Å²) in [6.45, 7) is -0.170. The molecule has 0 radical (unpaired) electrons. The van der Waals surface area contributed by atoms with E-state index in [1.54, 1.807) is 12.1 Å². The predicted molar refractivity (Wildman–Crippen MR) is 83.7 cm³/mol. The lowest BCUT2D eigenvalue weighted by atomic mass is 10.2. The maximum Gasteiger partial charge on any atom is 0.338 e. The third-order valence-electron chi connectivity index (χ3n) is 3.73. The van der Waals surface area contributed by atoms with Gasteiger partial charge in [0.15, 0.2) is 0 Å². The molecule has 0 bridgehead atoms. The fourth-order valence-electron chi connectivity index (χ4n) is 2.45. The molecule has 1 aliphatic rings. The van der Waals surface area contributed by atoms with E-state index in [9.17, 15) is 18.8 Å². The summed E-state index contributed by atoms with van der Waals surface area (Å²) in [6.07, 6.45) is 0.399. The monoisotopic (exact) mass is 327 g/mol. The van der Waals surface area contributed by atoms with Crippen LogP contribution in [0.5, 0.6) is 0 Å². The Labute approximate surface area is 137 Å². The molecule has 122 valence electrons. The Bertz CT molecular complexity index is 785. The largest absolute Gasteiger partial charge is 0.457 e. The van der Waals surface area contributed by atoms with Gasteiger partial charge in [0.25, 0.3) is 0 Å². The molecule has 0 N–H and O–H groups in total. The third kappa shape index (κ3) is 3.17. The molecule has 0 aromatic heterocycles. The van der Waals surface area contributed by atoms with Crippen molar-refractivity contribution in [3.63, 3.8) is 0 Å². The van der Waals surface area contributed by atoms with Crippen LogP contribution in [-0.2, 0) is 20.9 Å². The number of esters is 1. The standard InChI is InChI=1S/C18H14FNO4/c19-15-4-2-1-3-13(15)11-24-18(23)12-5-7-14(8-6-12)20-16(21)9-10-17(20)22/h1-8H,9-11H2. The van der Waals surface area contributed by atoms with E-state index < -0.39 is 11.8 Å². The van der Waals surface area contributed by atoms with Crippen LogP contribution in [0.3, 0.4) is 0 Å². The summed E-state index contributed by atoms with van der Waals surface area (Å²) in [7, 11) is 0. The molecular weight excluding hydrogens is 313 g/mol. The number of benzene rings is 2. The highest BCUT2D eigenvalue weighted by atomic mass is 19.1. The smallest absolute Gasteiger partial charge is 0.338 e. The Morgan fingerprint density at radius 2 is 1.62 bits per heavy atom. The molecule has 0 aliphatic carbocycles. The van der Waals surface area contributed by atoms with Gasteiger partial charge in [-0.2, -0.15) is 0 Å².